The van der Waals surface area contributed by atoms with Gasteiger partial charge in [0.1, 0.15) is 0 Å². The van der Waals surface area contributed by atoms with E-state index < -0.39 is 0 Å². The van der Waals surface area contributed by atoms with Crippen molar-refractivity contribution in [2.24, 2.45) is 0 Å². The van der Waals surface area contributed by atoms with Gasteiger partial charge in [-0.15, -0.1) is 0 Å². The van der Waals surface area contributed by atoms with E-state index >= 15 is 0 Å². The first-order valence-corrected chi connectivity index (χ1v) is 18.3. The van der Waals surface area contributed by atoms with E-state index in [2.05, 4.69) is 170 Å². The van der Waals surface area contributed by atoms with Crippen LogP contribution in [0, 0.1) is 0 Å². The van der Waals surface area contributed by atoms with Crippen LogP contribution in [0.2, 0.25) is 0 Å². The average molecular weight is 653 g/mol. The van der Waals surface area contributed by atoms with Gasteiger partial charge in [-0.2, -0.15) is 0 Å². The van der Waals surface area contributed by atoms with Crippen molar-refractivity contribution >= 4 is 108 Å². The molecule has 0 saturated heterocycles. The van der Waals surface area contributed by atoms with Crippen LogP contribution in [0.15, 0.2) is 170 Å². The van der Waals surface area contributed by atoms with Crippen LogP contribution < -0.4 is 0 Å². The highest BCUT2D eigenvalue weighted by atomic mass is 14.3. The van der Waals surface area contributed by atoms with E-state index in [1.165, 1.54) is 130 Å². The Balaban J connectivity index is 1.53. The van der Waals surface area contributed by atoms with Crippen molar-refractivity contribution < 1.29 is 0 Å². The second-order valence-electron chi connectivity index (χ2n) is 14.6. The maximum atomic E-state index is 2.39. The largest absolute Gasteiger partial charge is 0.0622 e. The molecule has 236 valence electrons. The predicted octanol–water partition coefficient (Wildman–Crippen LogP) is 14.9. The first kappa shape index (κ1) is 27.0. The maximum Gasteiger partial charge on any atom is -0.0000476 e. The molecule has 0 aliphatic rings. The number of benzene rings is 11. The van der Waals surface area contributed by atoms with Gasteiger partial charge in [0.25, 0.3) is 0 Å². The lowest BCUT2D eigenvalue weighted by atomic mass is 9.79. The summed E-state index contributed by atoms with van der Waals surface area (Å²) in [6, 6.07) is 64.0. The van der Waals surface area contributed by atoms with Crippen LogP contribution in [0.4, 0.5) is 0 Å². The Labute approximate surface area is 298 Å². The second kappa shape index (κ2) is 9.51. The zero-order valence-electron chi connectivity index (χ0n) is 28.2. The molecule has 0 heterocycles. The van der Waals surface area contributed by atoms with Crippen molar-refractivity contribution in [3.05, 3.63) is 170 Å². The molecular formula is C52H28. The maximum absolute atomic E-state index is 2.39. The Morgan fingerprint density at radius 2 is 0.462 bits per heavy atom. The summed E-state index contributed by atoms with van der Waals surface area (Å²) in [7, 11) is 0. The summed E-state index contributed by atoms with van der Waals surface area (Å²) < 4.78 is 0. The minimum atomic E-state index is 1.25. The van der Waals surface area contributed by atoms with Crippen LogP contribution in [0.5, 0.6) is 0 Å². The minimum absolute atomic E-state index is 1.25. The number of hydrogen-bond donors (Lipinski definition) is 0. The molecule has 13 rings (SSSR count). The van der Waals surface area contributed by atoms with E-state index in [-0.39, 0.29) is 0 Å². The van der Waals surface area contributed by atoms with E-state index in [9.17, 15) is 0 Å². The first-order chi connectivity index (χ1) is 25.9. The van der Waals surface area contributed by atoms with Crippen molar-refractivity contribution in [2.45, 2.75) is 0 Å². The molecule has 0 saturated carbocycles. The monoisotopic (exact) mass is 652 g/mol. The van der Waals surface area contributed by atoms with Crippen LogP contribution in [0.25, 0.3) is 130 Å². The zero-order chi connectivity index (χ0) is 33.7. The van der Waals surface area contributed by atoms with Crippen LogP contribution in [0.3, 0.4) is 0 Å². The Morgan fingerprint density at radius 1 is 0.173 bits per heavy atom. The molecule has 0 fully saturated rings. The highest BCUT2D eigenvalue weighted by Gasteiger charge is 2.30. The van der Waals surface area contributed by atoms with E-state index in [1.807, 2.05) is 0 Å². The van der Waals surface area contributed by atoms with E-state index in [4.69, 9.17) is 0 Å². The fourth-order valence-electron chi connectivity index (χ4n) is 10.4. The average Bonchev–Trinajstić information content (AvgIpc) is 3.72. The Hall–Kier alpha value is -6.76. The standard InChI is InChI=1S/C52H28/c1-3-13-32(14-4-1)43-45-34-23-7-17-29-19-9-25-36(40(29)34)47(45)49-38-27-11-21-31-22-12-28-39(42(31)38)50-48-37-26-10-20-30-18-8-24-35(41(30)37)46(48)44(51(43)52(49)50)33-15-5-2-6-16-33/h1-28H. The van der Waals surface area contributed by atoms with Gasteiger partial charge in [-0.05, 0) is 130 Å². The molecule has 0 spiro atoms. The van der Waals surface area contributed by atoms with Crippen molar-refractivity contribution in [3.8, 4) is 22.3 Å². The summed E-state index contributed by atoms with van der Waals surface area (Å²) >= 11 is 0. The van der Waals surface area contributed by atoms with Crippen LogP contribution >= 0.6 is 0 Å². The van der Waals surface area contributed by atoms with Crippen molar-refractivity contribution in [1.29, 1.82) is 0 Å². The molecule has 0 unspecified atom stereocenters. The smallest absolute Gasteiger partial charge is 0.0000476 e. The number of fused-ring (bicyclic) bond motifs is 10. The molecule has 0 radical (unpaired) electrons. The highest BCUT2D eigenvalue weighted by molar-refractivity contribution is 6.54. The topological polar surface area (TPSA) is 0 Å². The SMILES string of the molecule is c1ccc(-c2c3c(-c4ccccc4)c4c5cccc6cccc(c65)c4c4c5cccc6cccc(c65)c(c5c6cccc7cccc(c25)c76)c34)cc1. The van der Waals surface area contributed by atoms with Crippen LogP contribution in [0.1, 0.15) is 0 Å². The van der Waals surface area contributed by atoms with E-state index in [0.717, 1.165) is 0 Å². The van der Waals surface area contributed by atoms with Gasteiger partial charge in [0.05, 0.1) is 0 Å². The van der Waals surface area contributed by atoms with Gasteiger partial charge in [-0.3, -0.25) is 0 Å². The van der Waals surface area contributed by atoms with E-state index in [0.29, 0.717) is 0 Å². The van der Waals surface area contributed by atoms with Crippen LogP contribution in [-0.2, 0) is 0 Å². The molecule has 0 heteroatoms. The Morgan fingerprint density at radius 3 is 0.788 bits per heavy atom. The normalized spacial score (nSPS) is 12.6. The minimum Gasteiger partial charge on any atom is -0.0622 e. The third kappa shape index (κ3) is 3.12. The van der Waals surface area contributed by atoms with Crippen molar-refractivity contribution in [1.82, 2.24) is 0 Å². The highest BCUT2D eigenvalue weighted by Crippen LogP contribution is 2.59. The van der Waals surface area contributed by atoms with Gasteiger partial charge >= 0.3 is 0 Å². The van der Waals surface area contributed by atoms with Gasteiger partial charge in [0, 0.05) is 0 Å². The lowest BCUT2D eigenvalue weighted by Gasteiger charge is -2.23. The third-order valence-corrected chi connectivity index (χ3v) is 12.2. The van der Waals surface area contributed by atoms with Gasteiger partial charge in [-0.25, -0.2) is 0 Å². The molecular weight excluding hydrogens is 625 g/mol. The van der Waals surface area contributed by atoms with Crippen LogP contribution in [-0.4, -0.2) is 0 Å². The lowest BCUT2D eigenvalue weighted by molar-refractivity contribution is 1.68. The molecule has 0 atom stereocenters. The fraction of sp³-hybridized carbons (Fsp3) is 0. The van der Waals surface area contributed by atoms with Gasteiger partial charge in [0.15, 0.2) is 0 Å². The molecule has 13 aromatic carbocycles. The number of rotatable bonds is 2. The Kier molecular flexibility index (Phi) is 4.94. The molecule has 0 aromatic heterocycles. The zero-order valence-corrected chi connectivity index (χ0v) is 28.2. The molecule has 0 N–H and O–H groups in total. The van der Waals surface area contributed by atoms with Crippen molar-refractivity contribution in [3.63, 3.8) is 0 Å². The summed E-state index contributed by atoms with van der Waals surface area (Å²) in [5.74, 6) is 0. The van der Waals surface area contributed by atoms with Gasteiger partial charge < -0.3 is 0 Å². The van der Waals surface area contributed by atoms with Gasteiger partial charge in [0.2, 0.25) is 0 Å². The lowest BCUT2D eigenvalue weighted by Crippen LogP contribution is -1.95. The summed E-state index contributed by atoms with van der Waals surface area (Å²) in [6.07, 6.45) is 0. The first-order valence-electron chi connectivity index (χ1n) is 18.3. The number of hydrogen-bond acceptors (Lipinski definition) is 0. The van der Waals surface area contributed by atoms with E-state index in [1.54, 1.807) is 0 Å². The summed E-state index contributed by atoms with van der Waals surface area (Å²) in [5.41, 5.74) is 5.17. The summed E-state index contributed by atoms with van der Waals surface area (Å²) in [4.78, 5) is 0. The summed E-state index contributed by atoms with van der Waals surface area (Å²) in [5, 5.41) is 26.9. The Bertz CT molecular complexity index is 3350. The molecule has 0 nitrogen and oxygen atoms in total. The quantitative estimate of drug-likeness (QED) is 0.129. The second-order valence-corrected chi connectivity index (χ2v) is 14.6. The predicted molar refractivity (Wildman–Crippen MR) is 226 cm³/mol. The molecule has 0 aliphatic carbocycles. The summed E-state index contributed by atoms with van der Waals surface area (Å²) in [6.45, 7) is 0. The molecule has 52 heavy (non-hydrogen) atoms. The van der Waals surface area contributed by atoms with Crippen molar-refractivity contribution in [2.75, 3.05) is 0 Å². The third-order valence-electron chi connectivity index (χ3n) is 12.2. The molecule has 0 aliphatic heterocycles. The molecule has 13 aromatic rings. The molecule has 0 bridgehead atoms. The van der Waals surface area contributed by atoms with Gasteiger partial charge in [-0.1, -0.05) is 170 Å². The fourth-order valence-corrected chi connectivity index (χ4v) is 10.4. The molecule has 0 amide bonds.